The third-order valence-corrected chi connectivity index (χ3v) is 6.31. The summed E-state index contributed by atoms with van der Waals surface area (Å²) in [5.41, 5.74) is 1.17. The molecule has 0 spiro atoms. The zero-order valence-corrected chi connectivity index (χ0v) is 16.0. The number of benzene rings is 2. The lowest BCUT2D eigenvalue weighted by molar-refractivity contribution is 0.0633. The molecule has 0 radical (unpaired) electrons. The Morgan fingerprint density at radius 1 is 1.04 bits per heavy atom. The van der Waals surface area contributed by atoms with Gasteiger partial charge in [0.1, 0.15) is 5.82 Å². The summed E-state index contributed by atoms with van der Waals surface area (Å²) in [5, 5.41) is 0.525. The summed E-state index contributed by atoms with van der Waals surface area (Å²) in [4.78, 5) is 17.6. The van der Waals surface area contributed by atoms with E-state index in [4.69, 9.17) is 9.47 Å². The fourth-order valence-corrected chi connectivity index (χ4v) is 4.74. The lowest BCUT2D eigenvalue weighted by atomic mass is 10.1. The van der Waals surface area contributed by atoms with Crippen LogP contribution in [0.1, 0.15) is 15.2 Å². The molecular weight excluding hydrogens is 379 g/mol. The molecule has 1 amide bonds. The van der Waals surface area contributed by atoms with Crippen LogP contribution in [0.3, 0.4) is 0 Å². The van der Waals surface area contributed by atoms with Crippen LogP contribution < -0.4 is 9.47 Å². The Morgan fingerprint density at radius 3 is 2.68 bits per heavy atom. The van der Waals surface area contributed by atoms with Crippen molar-refractivity contribution in [1.82, 2.24) is 9.80 Å². The number of carbonyl (C=O) groups is 1. The Labute approximate surface area is 165 Å². The number of hydrogen-bond acceptors (Lipinski definition) is 5. The van der Waals surface area contributed by atoms with E-state index in [0.717, 1.165) is 35.8 Å². The van der Waals surface area contributed by atoms with Gasteiger partial charge in [-0.15, -0.1) is 11.3 Å². The third kappa shape index (κ3) is 3.21. The van der Waals surface area contributed by atoms with E-state index in [1.807, 2.05) is 23.1 Å². The summed E-state index contributed by atoms with van der Waals surface area (Å²) >= 11 is 1.36. The highest BCUT2D eigenvalue weighted by Crippen LogP contribution is 2.33. The Kier molecular flexibility index (Phi) is 4.41. The van der Waals surface area contributed by atoms with Gasteiger partial charge in [0, 0.05) is 42.8 Å². The minimum atomic E-state index is -0.277. The summed E-state index contributed by atoms with van der Waals surface area (Å²) in [6, 6.07) is 12.6. The van der Waals surface area contributed by atoms with Crippen LogP contribution in [0.4, 0.5) is 4.39 Å². The van der Waals surface area contributed by atoms with Gasteiger partial charge in [0.05, 0.1) is 4.88 Å². The van der Waals surface area contributed by atoms with Gasteiger partial charge in [-0.25, -0.2) is 4.39 Å². The molecule has 2 aromatic carbocycles. The smallest absolute Gasteiger partial charge is 0.264 e. The van der Waals surface area contributed by atoms with Crippen molar-refractivity contribution in [3.05, 3.63) is 58.7 Å². The average molecular weight is 398 g/mol. The van der Waals surface area contributed by atoms with E-state index in [1.54, 1.807) is 12.1 Å². The molecule has 5 nitrogen and oxygen atoms in total. The number of nitrogens with zero attached hydrogens (tertiary/aromatic N) is 2. The highest BCUT2D eigenvalue weighted by molar-refractivity contribution is 7.20. The Hall–Kier alpha value is -2.64. The van der Waals surface area contributed by atoms with E-state index in [9.17, 15) is 9.18 Å². The number of rotatable bonds is 3. The van der Waals surface area contributed by atoms with Gasteiger partial charge in [-0.3, -0.25) is 9.69 Å². The molecule has 0 N–H and O–H groups in total. The van der Waals surface area contributed by atoms with Crippen molar-refractivity contribution in [3.63, 3.8) is 0 Å². The number of amides is 1. The lowest BCUT2D eigenvalue weighted by Gasteiger charge is -2.34. The van der Waals surface area contributed by atoms with Gasteiger partial charge in [0.2, 0.25) is 6.79 Å². The first-order chi connectivity index (χ1) is 13.7. The van der Waals surface area contributed by atoms with Gasteiger partial charge in [0.25, 0.3) is 5.91 Å². The molecule has 1 fully saturated rings. The van der Waals surface area contributed by atoms with Crippen molar-refractivity contribution in [3.8, 4) is 11.5 Å². The highest BCUT2D eigenvalue weighted by atomic mass is 32.1. The van der Waals surface area contributed by atoms with Gasteiger partial charge in [-0.2, -0.15) is 0 Å². The quantitative estimate of drug-likeness (QED) is 0.674. The maximum Gasteiger partial charge on any atom is 0.264 e. The van der Waals surface area contributed by atoms with Gasteiger partial charge in [-0.05, 0) is 35.9 Å². The molecule has 5 rings (SSSR count). The largest absolute Gasteiger partial charge is 0.454 e. The van der Waals surface area contributed by atoms with Crippen LogP contribution in [-0.2, 0) is 6.54 Å². The second kappa shape index (κ2) is 7.07. The standard InChI is InChI=1S/C21H19FN2O3S/c22-16-2-1-3-19-15(16)11-20(28-19)21(25)24-8-6-23(7-9-24)12-14-4-5-17-18(10-14)27-13-26-17/h1-5,10-11H,6-9,12-13H2. The lowest BCUT2D eigenvalue weighted by Crippen LogP contribution is -2.48. The van der Waals surface area contributed by atoms with E-state index >= 15 is 0 Å². The van der Waals surface area contributed by atoms with Crippen LogP contribution in [0.25, 0.3) is 10.1 Å². The van der Waals surface area contributed by atoms with Crippen LogP contribution in [0, 0.1) is 5.82 Å². The van der Waals surface area contributed by atoms with E-state index < -0.39 is 0 Å². The Morgan fingerprint density at radius 2 is 1.86 bits per heavy atom. The van der Waals surface area contributed by atoms with Gasteiger partial charge in [0.15, 0.2) is 11.5 Å². The SMILES string of the molecule is O=C(c1cc2c(F)cccc2s1)N1CCN(Cc2ccc3c(c2)OCO3)CC1. The molecule has 2 aliphatic heterocycles. The first-order valence-electron chi connectivity index (χ1n) is 9.25. The van der Waals surface area contributed by atoms with Gasteiger partial charge < -0.3 is 14.4 Å². The van der Waals surface area contributed by atoms with Crippen molar-refractivity contribution in [2.45, 2.75) is 6.54 Å². The minimum Gasteiger partial charge on any atom is -0.454 e. The zero-order valence-electron chi connectivity index (χ0n) is 15.2. The fraction of sp³-hybridized carbons (Fsp3) is 0.286. The van der Waals surface area contributed by atoms with E-state index in [-0.39, 0.29) is 18.5 Å². The van der Waals surface area contributed by atoms with Crippen LogP contribution in [0.2, 0.25) is 0 Å². The second-order valence-electron chi connectivity index (χ2n) is 7.02. The molecule has 3 aromatic rings. The Bertz CT molecular complexity index is 1040. The van der Waals surface area contributed by atoms with E-state index in [2.05, 4.69) is 11.0 Å². The maximum absolute atomic E-state index is 13.9. The monoisotopic (exact) mass is 398 g/mol. The van der Waals surface area contributed by atoms with Crippen molar-refractivity contribution in [1.29, 1.82) is 0 Å². The van der Waals surface area contributed by atoms with Crippen LogP contribution in [-0.4, -0.2) is 48.7 Å². The molecule has 28 heavy (non-hydrogen) atoms. The molecule has 0 unspecified atom stereocenters. The molecule has 3 heterocycles. The molecule has 7 heteroatoms. The summed E-state index contributed by atoms with van der Waals surface area (Å²) in [6.07, 6.45) is 0. The van der Waals surface area contributed by atoms with Crippen LogP contribution in [0.15, 0.2) is 42.5 Å². The molecule has 0 aliphatic carbocycles. The average Bonchev–Trinajstić information content (AvgIpc) is 3.35. The molecule has 0 bridgehead atoms. The molecular formula is C21H19FN2O3S. The van der Waals surface area contributed by atoms with E-state index in [0.29, 0.717) is 23.4 Å². The number of hydrogen-bond donors (Lipinski definition) is 0. The van der Waals surface area contributed by atoms with Crippen LogP contribution in [0.5, 0.6) is 11.5 Å². The van der Waals surface area contributed by atoms with Crippen molar-refractivity contribution in [2.24, 2.45) is 0 Å². The molecule has 1 aromatic heterocycles. The molecule has 1 saturated heterocycles. The van der Waals surface area contributed by atoms with Gasteiger partial charge in [-0.1, -0.05) is 12.1 Å². The summed E-state index contributed by atoms with van der Waals surface area (Å²) < 4.78 is 25.5. The third-order valence-electron chi connectivity index (χ3n) is 5.22. The predicted molar refractivity (Wildman–Crippen MR) is 106 cm³/mol. The first-order valence-corrected chi connectivity index (χ1v) is 10.1. The van der Waals surface area contributed by atoms with Crippen molar-refractivity contribution < 1.29 is 18.7 Å². The molecule has 0 saturated carbocycles. The number of piperazine rings is 1. The number of carbonyl (C=O) groups excluding carboxylic acids is 1. The normalized spacial score (nSPS) is 16.7. The highest BCUT2D eigenvalue weighted by Gasteiger charge is 2.24. The number of fused-ring (bicyclic) bond motifs is 2. The van der Waals surface area contributed by atoms with Crippen molar-refractivity contribution in [2.75, 3.05) is 33.0 Å². The van der Waals surface area contributed by atoms with Crippen molar-refractivity contribution >= 4 is 27.3 Å². The van der Waals surface area contributed by atoms with Gasteiger partial charge >= 0.3 is 0 Å². The first kappa shape index (κ1) is 17.5. The Balaban J connectivity index is 1.22. The summed E-state index contributed by atoms with van der Waals surface area (Å²) in [5.74, 6) is 1.30. The number of ether oxygens (including phenoxy) is 2. The second-order valence-corrected chi connectivity index (χ2v) is 8.10. The molecule has 2 aliphatic rings. The summed E-state index contributed by atoms with van der Waals surface area (Å²) in [6.45, 7) is 4.03. The molecule has 144 valence electrons. The molecule has 0 atom stereocenters. The topological polar surface area (TPSA) is 42.0 Å². The predicted octanol–water partition coefficient (Wildman–Crippen LogP) is 3.73. The number of thiophene rings is 1. The van der Waals surface area contributed by atoms with Crippen LogP contribution >= 0.6 is 11.3 Å². The van der Waals surface area contributed by atoms with E-state index in [1.165, 1.54) is 23.0 Å². The summed E-state index contributed by atoms with van der Waals surface area (Å²) in [7, 11) is 0. The maximum atomic E-state index is 13.9. The minimum absolute atomic E-state index is 0.0108. The number of halogens is 1. The fourth-order valence-electron chi connectivity index (χ4n) is 3.69. The zero-order chi connectivity index (χ0) is 19.1.